The molecule has 8 nitrogen and oxygen atoms in total. The Kier molecular flexibility index (Phi) is 8.64. The van der Waals surface area contributed by atoms with Crippen molar-refractivity contribution in [3.05, 3.63) is 41.4 Å². The summed E-state index contributed by atoms with van der Waals surface area (Å²) >= 11 is 6.12. The Morgan fingerprint density at radius 3 is 2.54 bits per heavy atom. The van der Waals surface area contributed by atoms with E-state index in [9.17, 15) is 14.4 Å². The van der Waals surface area contributed by atoms with E-state index in [1.54, 1.807) is 29.2 Å². The minimum atomic E-state index is -1.14. The van der Waals surface area contributed by atoms with Crippen molar-refractivity contribution in [2.45, 2.75) is 82.6 Å². The Morgan fingerprint density at radius 1 is 1.10 bits per heavy atom. The van der Waals surface area contributed by atoms with Crippen LogP contribution in [-0.2, 0) is 19.1 Å². The van der Waals surface area contributed by atoms with Gasteiger partial charge in [-0.15, -0.1) is 0 Å². The molecule has 1 saturated carbocycles. The molecule has 9 heteroatoms. The summed E-state index contributed by atoms with van der Waals surface area (Å²) in [6.07, 6.45) is 10.5. The highest BCUT2D eigenvalue weighted by atomic mass is 35.5. The number of fused-ring (bicyclic) bond motifs is 1. The van der Waals surface area contributed by atoms with E-state index >= 15 is 0 Å². The van der Waals surface area contributed by atoms with Gasteiger partial charge in [-0.2, -0.15) is 0 Å². The normalized spacial score (nSPS) is 29.7. The Morgan fingerprint density at radius 2 is 1.85 bits per heavy atom. The van der Waals surface area contributed by atoms with Gasteiger partial charge in [0.15, 0.2) is 0 Å². The predicted octanol–water partition coefficient (Wildman–Crippen LogP) is 4.00. The smallest absolute Gasteiger partial charge is 0.246 e. The van der Waals surface area contributed by atoms with E-state index in [-0.39, 0.29) is 23.8 Å². The number of ether oxygens (including phenoxy) is 1. The minimum Gasteiger partial charge on any atom is -0.359 e. The molecule has 3 fully saturated rings. The lowest BCUT2D eigenvalue weighted by molar-refractivity contribution is -0.141. The van der Waals surface area contributed by atoms with Crippen molar-refractivity contribution >= 4 is 35.0 Å². The van der Waals surface area contributed by atoms with Crippen LogP contribution in [0.15, 0.2) is 36.4 Å². The number of likely N-dealkylation sites (tertiary alicyclic amines) is 1. The molecule has 1 spiro atoms. The van der Waals surface area contributed by atoms with Crippen molar-refractivity contribution in [3.63, 3.8) is 0 Å². The molecular weight excluding hydrogens is 516 g/mol. The van der Waals surface area contributed by atoms with Crippen LogP contribution >= 0.6 is 11.6 Å². The molecule has 2 saturated heterocycles. The number of nitrogens with one attached hydrogen (secondary N) is 2. The van der Waals surface area contributed by atoms with Crippen LogP contribution in [0.3, 0.4) is 0 Å². The van der Waals surface area contributed by atoms with Gasteiger partial charge >= 0.3 is 0 Å². The summed E-state index contributed by atoms with van der Waals surface area (Å²) in [5, 5.41) is 6.70. The average molecular weight is 557 g/mol. The van der Waals surface area contributed by atoms with Gasteiger partial charge in [-0.05, 0) is 57.0 Å². The lowest BCUT2D eigenvalue weighted by atomic mass is 9.74. The monoisotopic (exact) mass is 556 g/mol. The Bertz CT molecular complexity index is 1100. The molecule has 212 valence electrons. The van der Waals surface area contributed by atoms with Gasteiger partial charge in [0, 0.05) is 29.8 Å². The lowest BCUT2D eigenvalue weighted by Gasteiger charge is -2.35. The standard InChI is InChI=1S/C30H41ClN4O4/c1-3-15-34(16-4-2)17-18-35-26(28(37)32-21-10-6-5-7-11-21)30-14-13-23(39-30)24(25(30)29(35)38)27(36)33-22-12-8-9-20(31)19-22/h8-9,12-14,19,21,23-26H,3-7,10-11,15-18H2,1-2H3,(H,32,37)(H,33,36)/t23-,24-,25-,26+,30-/m0/s1. The number of hydrogen-bond acceptors (Lipinski definition) is 5. The van der Waals surface area contributed by atoms with Crippen LogP contribution in [0.4, 0.5) is 5.69 Å². The summed E-state index contributed by atoms with van der Waals surface area (Å²) in [6.45, 7) is 7.26. The van der Waals surface area contributed by atoms with Gasteiger partial charge in [-0.25, -0.2) is 0 Å². The Balaban J connectivity index is 1.41. The number of anilines is 1. The quantitative estimate of drug-likeness (QED) is 0.402. The second-order valence-electron chi connectivity index (χ2n) is 11.4. The molecular formula is C30H41ClN4O4. The van der Waals surface area contributed by atoms with Crippen LogP contribution in [0.5, 0.6) is 0 Å². The number of hydrogen-bond donors (Lipinski definition) is 2. The van der Waals surface area contributed by atoms with E-state index < -0.39 is 29.6 Å². The predicted molar refractivity (Wildman–Crippen MR) is 151 cm³/mol. The summed E-state index contributed by atoms with van der Waals surface area (Å²) in [5.41, 5.74) is -0.575. The molecule has 1 aromatic carbocycles. The summed E-state index contributed by atoms with van der Waals surface area (Å²) in [5.74, 6) is -2.11. The van der Waals surface area contributed by atoms with E-state index in [0.29, 0.717) is 23.8 Å². The zero-order valence-corrected chi connectivity index (χ0v) is 23.8. The Labute approximate surface area is 236 Å². The number of carbonyl (C=O) groups excluding carboxylic acids is 3. The second-order valence-corrected chi connectivity index (χ2v) is 11.9. The van der Waals surface area contributed by atoms with E-state index in [1.165, 1.54) is 6.42 Å². The molecule has 1 aromatic rings. The van der Waals surface area contributed by atoms with Crippen LogP contribution in [0, 0.1) is 11.8 Å². The molecule has 3 aliphatic heterocycles. The molecule has 0 aromatic heterocycles. The first kappa shape index (κ1) is 28.1. The third-order valence-electron chi connectivity index (χ3n) is 8.71. The summed E-state index contributed by atoms with van der Waals surface area (Å²) in [4.78, 5) is 45.7. The molecule has 2 bridgehead atoms. The highest BCUT2D eigenvalue weighted by Gasteiger charge is 2.72. The van der Waals surface area contributed by atoms with Gasteiger partial charge in [-0.1, -0.05) is 62.9 Å². The van der Waals surface area contributed by atoms with Gasteiger partial charge in [-0.3, -0.25) is 14.4 Å². The Hall–Kier alpha value is -2.42. The van der Waals surface area contributed by atoms with Crippen LogP contribution in [0.1, 0.15) is 58.8 Å². The first-order valence-electron chi connectivity index (χ1n) is 14.6. The summed E-state index contributed by atoms with van der Waals surface area (Å²) in [7, 11) is 0. The first-order valence-corrected chi connectivity index (χ1v) is 15.0. The second kappa shape index (κ2) is 12.0. The van der Waals surface area contributed by atoms with Gasteiger partial charge in [0.05, 0.1) is 17.9 Å². The number of halogens is 1. The zero-order valence-electron chi connectivity index (χ0n) is 23.0. The summed E-state index contributed by atoms with van der Waals surface area (Å²) in [6, 6.07) is 6.26. The maximum Gasteiger partial charge on any atom is 0.246 e. The van der Waals surface area contributed by atoms with Crippen LogP contribution < -0.4 is 10.6 Å². The van der Waals surface area contributed by atoms with Crippen LogP contribution in [0.2, 0.25) is 5.02 Å². The molecule has 39 heavy (non-hydrogen) atoms. The van der Waals surface area contributed by atoms with Crippen molar-refractivity contribution < 1.29 is 19.1 Å². The van der Waals surface area contributed by atoms with Crippen molar-refractivity contribution in [2.24, 2.45) is 11.8 Å². The van der Waals surface area contributed by atoms with Gasteiger partial charge in [0.25, 0.3) is 0 Å². The third-order valence-corrected chi connectivity index (χ3v) is 8.94. The zero-order chi connectivity index (χ0) is 27.6. The van der Waals surface area contributed by atoms with Crippen molar-refractivity contribution in [3.8, 4) is 0 Å². The van der Waals surface area contributed by atoms with Crippen LogP contribution in [0.25, 0.3) is 0 Å². The highest BCUT2D eigenvalue weighted by molar-refractivity contribution is 6.30. The molecule has 2 N–H and O–H groups in total. The summed E-state index contributed by atoms with van der Waals surface area (Å²) < 4.78 is 6.47. The highest BCUT2D eigenvalue weighted by Crippen LogP contribution is 2.55. The van der Waals surface area contributed by atoms with Crippen LogP contribution in [-0.4, -0.2) is 77.5 Å². The van der Waals surface area contributed by atoms with Crippen molar-refractivity contribution in [1.82, 2.24) is 15.1 Å². The minimum absolute atomic E-state index is 0.111. The number of amides is 3. The fraction of sp³-hybridized carbons (Fsp3) is 0.633. The fourth-order valence-electron chi connectivity index (χ4n) is 7.04. The number of benzene rings is 1. The topological polar surface area (TPSA) is 91.0 Å². The molecule has 0 radical (unpaired) electrons. The average Bonchev–Trinajstić information content (AvgIpc) is 3.55. The van der Waals surface area contributed by atoms with Gasteiger partial charge in [0.2, 0.25) is 17.7 Å². The maximum atomic E-state index is 14.1. The number of nitrogens with zero attached hydrogens (tertiary/aromatic N) is 2. The first-order chi connectivity index (χ1) is 18.9. The van der Waals surface area contributed by atoms with Crippen molar-refractivity contribution in [2.75, 3.05) is 31.5 Å². The van der Waals surface area contributed by atoms with E-state index in [2.05, 4.69) is 29.4 Å². The van der Waals surface area contributed by atoms with E-state index in [0.717, 1.165) is 51.6 Å². The lowest BCUT2D eigenvalue weighted by Crippen LogP contribution is -2.57. The molecule has 0 unspecified atom stereocenters. The van der Waals surface area contributed by atoms with Crippen molar-refractivity contribution in [1.29, 1.82) is 0 Å². The molecule has 3 heterocycles. The van der Waals surface area contributed by atoms with Gasteiger partial charge in [0.1, 0.15) is 11.6 Å². The van der Waals surface area contributed by atoms with Gasteiger partial charge < -0.3 is 25.2 Å². The largest absolute Gasteiger partial charge is 0.359 e. The van der Waals surface area contributed by atoms with E-state index in [1.807, 2.05) is 12.2 Å². The number of rotatable bonds is 11. The third kappa shape index (κ3) is 5.48. The molecule has 4 aliphatic rings. The van der Waals surface area contributed by atoms with E-state index in [4.69, 9.17) is 16.3 Å². The molecule has 3 amide bonds. The molecule has 1 aliphatic carbocycles. The number of carbonyl (C=O) groups is 3. The SMILES string of the molecule is CCCN(CCC)CCN1C(=O)[C@@H]2[C@@H](C(=O)Nc3cccc(Cl)c3)[C@@H]3C=C[C@@]2(O3)[C@H]1C(=O)NC1CCCCC1. The molecule has 5 atom stereocenters. The fourth-order valence-corrected chi connectivity index (χ4v) is 7.23. The molecule has 5 rings (SSSR count). The maximum absolute atomic E-state index is 14.1.